The number of hydrogen-bond acceptors (Lipinski definition) is 3. The number of nitrogens with one attached hydrogen (secondary N) is 1. The number of amides is 1. The van der Waals surface area contributed by atoms with Gasteiger partial charge in [-0.1, -0.05) is 52.3 Å². The van der Waals surface area contributed by atoms with Gasteiger partial charge in [-0.05, 0) is 53.9 Å². The van der Waals surface area contributed by atoms with Gasteiger partial charge in [0, 0.05) is 48.6 Å². The molecule has 4 rings (SSSR count). The molecule has 0 aromatic heterocycles. The van der Waals surface area contributed by atoms with Gasteiger partial charge in [0.15, 0.2) is 0 Å². The number of para-hydroxylation sites is 1. The molecule has 0 saturated heterocycles. The van der Waals surface area contributed by atoms with Crippen LogP contribution in [-0.2, 0) is 6.42 Å². The molecule has 1 aliphatic rings. The highest BCUT2D eigenvalue weighted by Crippen LogP contribution is 2.35. The number of hydrogen-bond donors (Lipinski definition) is 1. The van der Waals surface area contributed by atoms with Crippen LogP contribution in [0.1, 0.15) is 27.5 Å². The Morgan fingerprint density at radius 3 is 2.57 bits per heavy atom. The van der Waals surface area contributed by atoms with E-state index in [0.717, 1.165) is 23.1 Å². The van der Waals surface area contributed by atoms with Crippen molar-refractivity contribution in [1.29, 1.82) is 0 Å². The molecule has 154 valence electrons. The third kappa shape index (κ3) is 4.36. The van der Waals surface area contributed by atoms with Crippen molar-refractivity contribution in [3.8, 4) is 0 Å². The second kappa shape index (κ2) is 8.92. The number of carbonyl (C=O) groups is 1. The molecule has 5 heteroatoms. The molecule has 0 radical (unpaired) electrons. The SMILES string of the molecule is CN(C)c1ccc(C(CNC(=O)c2cccc(Br)c2)N2CCc3ccccc32)cc1. The van der Waals surface area contributed by atoms with Crippen LogP contribution in [0.25, 0.3) is 0 Å². The molecule has 3 aromatic carbocycles. The normalized spacial score (nSPS) is 13.6. The fourth-order valence-corrected chi connectivity index (χ4v) is 4.41. The van der Waals surface area contributed by atoms with E-state index in [1.165, 1.54) is 16.8 Å². The molecule has 0 spiro atoms. The number of carbonyl (C=O) groups excluding carboxylic acids is 1. The molecule has 0 bridgehead atoms. The van der Waals surface area contributed by atoms with Gasteiger partial charge in [-0.3, -0.25) is 4.79 Å². The van der Waals surface area contributed by atoms with E-state index in [1.54, 1.807) is 0 Å². The number of benzene rings is 3. The maximum Gasteiger partial charge on any atom is 0.251 e. The van der Waals surface area contributed by atoms with Crippen molar-refractivity contribution in [2.75, 3.05) is 37.0 Å². The standard InChI is InChI=1S/C25H26BrN3O/c1-28(2)22-12-10-19(11-13-22)24(29-15-14-18-6-3-4-9-23(18)29)17-27-25(30)20-7-5-8-21(26)16-20/h3-13,16,24H,14-15,17H2,1-2H3,(H,27,30). The smallest absolute Gasteiger partial charge is 0.251 e. The van der Waals surface area contributed by atoms with Crippen LogP contribution in [0.5, 0.6) is 0 Å². The second-order valence-electron chi connectivity index (χ2n) is 7.79. The van der Waals surface area contributed by atoms with E-state index in [-0.39, 0.29) is 11.9 Å². The summed E-state index contributed by atoms with van der Waals surface area (Å²) >= 11 is 3.45. The monoisotopic (exact) mass is 463 g/mol. The fourth-order valence-electron chi connectivity index (χ4n) is 4.01. The summed E-state index contributed by atoms with van der Waals surface area (Å²) in [5, 5.41) is 3.16. The number of rotatable bonds is 6. The van der Waals surface area contributed by atoms with Gasteiger partial charge in [0.05, 0.1) is 6.04 Å². The molecule has 4 nitrogen and oxygen atoms in total. The van der Waals surface area contributed by atoms with Gasteiger partial charge in [0.25, 0.3) is 5.91 Å². The van der Waals surface area contributed by atoms with E-state index in [2.05, 4.69) is 79.6 Å². The predicted octanol–water partition coefficient (Wildman–Crippen LogP) is 5.05. The molecule has 30 heavy (non-hydrogen) atoms. The molecule has 1 heterocycles. The Balaban J connectivity index is 1.60. The molecule has 0 saturated carbocycles. The number of nitrogens with zero attached hydrogens (tertiary/aromatic N) is 2. The fraction of sp³-hybridized carbons (Fsp3) is 0.240. The van der Waals surface area contributed by atoms with Crippen LogP contribution in [0.3, 0.4) is 0 Å². The van der Waals surface area contributed by atoms with Gasteiger partial charge in [0.1, 0.15) is 0 Å². The first-order valence-corrected chi connectivity index (χ1v) is 11.0. The van der Waals surface area contributed by atoms with Crippen molar-refractivity contribution in [1.82, 2.24) is 5.32 Å². The van der Waals surface area contributed by atoms with Crippen LogP contribution in [0, 0.1) is 0 Å². The van der Waals surface area contributed by atoms with Crippen molar-refractivity contribution in [3.63, 3.8) is 0 Å². The molecule has 1 atom stereocenters. The molecule has 1 N–H and O–H groups in total. The van der Waals surface area contributed by atoms with Crippen LogP contribution < -0.4 is 15.1 Å². The lowest BCUT2D eigenvalue weighted by atomic mass is 10.0. The highest BCUT2D eigenvalue weighted by molar-refractivity contribution is 9.10. The molecule has 3 aromatic rings. The summed E-state index contributed by atoms with van der Waals surface area (Å²) in [6, 6.07) is 24.7. The van der Waals surface area contributed by atoms with E-state index < -0.39 is 0 Å². The summed E-state index contributed by atoms with van der Waals surface area (Å²) in [6.45, 7) is 1.49. The first kappa shape index (κ1) is 20.5. The van der Waals surface area contributed by atoms with E-state index >= 15 is 0 Å². The molecule has 1 unspecified atom stereocenters. The minimum absolute atomic E-state index is 0.0568. The minimum Gasteiger partial charge on any atom is -0.378 e. The van der Waals surface area contributed by atoms with Crippen molar-refractivity contribution in [2.45, 2.75) is 12.5 Å². The van der Waals surface area contributed by atoms with Gasteiger partial charge < -0.3 is 15.1 Å². The van der Waals surface area contributed by atoms with Crippen LogP contribution >= 0.6 is 15.9 Å². The summed E-state index contributed by atoms with van der Waals surface area (Å²) in [5.74, 6) is -0.0568. The van der Waals surface area contributed by atoms with Gasteiger partial charge in [-0.15, -0.1) is 0 Å². The molecule has 0 aliphatic carbocycles. The van der Waals surface area contributed by atoms with Crippen LogP contribution in [-0.4, -0.2) is 33.1 Å². The summed E-state index contributed by atoms with van der Waals surface area (Å²) in [7, 11) is 4.09. The maximum absolute atomic E-state index is 12.8. The Kier molecular flexibility index (Phi) is 6.09. The molecule has 0 fully saturated rings. The van der Waals surface area contributed by atoms with Crippen molar-refractivity contribution in [2.24, 2.45) is 0 Å². The zero-order chi connectivity index (χ0) is 21.1. The third-order valence-corrected chi connectivity index (χ3v) is 6.13. The van der Waals surface area contributed by atoms with Gasteiger partial charge >= 0.3 is 0 Å². The van der Waals surface area contributed by atoms with Crippen LogP contribution in [0.4, 0.5) is 11.4 Å². The largest absolute Gasteiger partial charge is 0.378 e. The van der Waals surface area contributed by atoms with E-state index in [1.807, 2.05) is 38.4 Å². The third-order valence-electron chi connectivity index (χ3n) is 5.64. The Morgan fingerprint density at radius 1 is 1.07 bits per heavy atom. The molecular formula is C25H26BrN3O. The average Bonchev–Trinajstić information content (AvgIpc) is 3.18. The summed E-state index contributed by atoms with van der Waals surface area (Å²) < 4.78 is 0.902. The van der Waals surface area contributed by atoms with E-state index in [9.17, 15) is 4.79 Å². The summed E-state index contributed by atoms with van der Waals surface area (Å²) in [6.07, 6.45) is 1.03. The lowest BCUT2D eigenvalue weighted by molar-refractivity contribution is 0.0951. The van der Waals surface area contributed by atoms with E-state index in [0.29, 0.717) is 12.1 Å². The Bertz CT molecular complexity index is 1030. The van der Waals surface area contributed by atoms with Crippen LogP contribution in [0.2, 0.25) is 0 Å². The highest BCUT2D eigenvalue weighted by Gasteiger charge is 2.27. The van der Waals surface area contributed by atoms with Gasteiger partial charge in [-0.25, -0.2) is 0 Å². The highest BCUT2D eigenvalue weighted by atomic mass is 79.9. The summed E-state index contributed by atoms with van der Waals surface area (Å²) in [4.78, 5) is 17.3. The second-order valence-corrected chi connectivity index (χ2v) is 8.71. The zero-order valence-corrected chi connectivity index (χ0v) is 18.9. The van der Waals surface area contributed by atoms with Crippen LogP contribution in [0.15, 0.2) is 77.3 Å². The summed E-state index contributed by atoms with van der Waals surface area (Å²) in [5.41, 5.74) is 5.65. The number of anilines is 2. The lowest BCUT2D eigenvalue weighted by Gasteiger charge is -2.31. The Morgan fingerprint density at radius 2 is 1.83 bits per heavy atom. The molecule has 1 amide bonds. The van der Waals surface area contributed by atoms with Gasteiger partial charge in [-0.2, -0.15) is 0 Å². The van der Waals surface area contributed by atoms with Crippen molar-refractivity contribution >= 4 is 33.2 Å². The average molecular weight is 464 g/mol. The maximum atomic E-state index is 12.8. The first-order chi connectivity index (χ1) is 14.5. The first-order valence-electron chi connectivity index (χ1n) is 10.2. The Hall–Kier alpha value is -2.79. The zero-order valence-electron chi connectivity index (χ0n) is 17.3. The van der Waals surface area contributed by atoms with Crippen molar-refractivity contribution < 1.29 is 4.79 Å². The number of fused-ring (bicyclic) bond motifs is 1. The van der Waals surface area contributed by atoms with Gasteiger partial charge in [0.2, 0.25) is 0 Å². The number of halogens is 1. The molecular weight excluding hydrogens is 438 g/mol. The van der Waals surface area contributed by atoms with Crippen molar-refractivity contribution in [3.05, 3.63) is 94.0 Å². The topological polar surface area (TPSA) is 35.6 Å². The Labute approximate surface area is 186 Å². The minimum atomic E-state index is -0.0568. The lowest BCUT2D eigenvalue weighted by Crippen LogP contribution is -2.37. The molecule has 1 aliphatic heterocycles. The quantitative estimate of drug-likeness (QED) is 0.555. The van der Waals surface area contributed by atoms with E-state index in [4.69, 9.17) is 0 Å². The predicted molar refractivity (Wildman–Crippen MR) is 127 cm³/mol.